The Morgan fingerprint density at radius 2 is 1.93 bits per heavy atom. The maximum absolute atomic E-state index is 11.7. The zero-order valence-electron chi connectivity index (χ0n) is 8.61. The van der Waals surface area contributed by atoms with Gasteiger partial charge >= 0.3 is 5.97 Å². The molecule has 2 rings (SSSR count). The summed E-state index contributed by atoms with van der Waals surface area (Å²) in [6.45, 7) is 0. The van der Waals surface area contributed by atoms with E-state index in [9.17, 15) is 13.2 Å². The van der Waals surface area contributed by atoms with E-state index in [1.807, 2.05) is 0 Å². The quantitative estimate of drug-likeness (QED) is 0.743. The lowest BCUT2D eigenvalue weighted by atomic mass is 10.1. The molecule has 1 N–H and O–H groups in total. The third-order valence-electron chi connectivity index (χ3n) is 3.20. The van der Waals surface area contributed by atoms with Gasteiger partial charge < -0.3 is 5.11 Å². The molecule has 0 heterocycles. The summed E-state index contributed by atoms with van der Waals surface area (Å²) in [6, 6.07) is 0. The molecule has 15 heavy (non-hydrogen) atoms. The summed E-state index contributed by atoms with van der Waals surface area (Å²) in [7, 11) is -3.02. The van der Waals surface area contributed by atoms with Gasteiger partial charge in [-0.2, -0.15) is 0 Å². The fourth-order valence-electron chi connectivity index (χ4n) is 2.04. The van der Waals surface area contributed by atoms with Crippen molar-refractivity contribution in [1.82, 2.24) is 0 Å². The minimum Gasteiger partial charge on any atom is -0.481 e. The summed E-state index contributed by atoms with van der Waals surface area (Å²) in [6.07, 6.45) is 3.56. The van der Waals surface area contributed by atoms with E-state index in [1.165, 1.54) is 0 Å². The normalized spacial score (nSPS) is 23.7. The van der Waals surface area contributed by atoms with Gasteiger partial charge in [0.05, 0.1) is 17.9 Å². The Balaban J connectivity index is 1.92. The van der Waals surface area contributed by atoms with Crippen LogP contribution in [0.2, 0.25) is 0 Å². The van der Waals surface area contributed by atoms with Crippen molar-refractivity contribution in [3.63, 3.8) is 0 Å². The van der Waals surface area contributed by atoms with Crippen molar-refractivity contribution in [2.75, 3.05) is 11.5 Å². The molecule has 5 heteroatoms. The minimum atomic E-state index is -3.02. The maximum Gasteiger partial charge on any atom is 0.303 e. The molecule has 0 aromatic heterocycles. The van der Waals surface area contributed by atoms with Gasteiger partial charge in [-0.3, -0.25) is 4.79 Å². The van der Waals surface area contributed by atoms with Crippen molar-refractivity contribution >= 4 is 15.8 Å². The molecule has 0 amide bonds. The average molecular weight is 232 g/mol. The molecule has 2 saturated carbocycles. The second kappa shape index (κ2) is 3.47. The second-order valence-electron chi connectivity index (χ2n) is 5.07. The Labute approximate surface area is 89.6 Å². The Morgan fingerprint density at radius 1 is 1.33 bits per heavy atom. The van der Waals surface area contributed by atoms with Crippen LogP contribution >= 0.6 is 0 Å². The van der Waals surface area contributed by atoms with E-state index in [0.717, 1.165) is 25.7 Å². The Bertz CT molecular complexity index is 363. The number of hydrogen-bond donors (Lipinski definition) is 1. The van der Waals surface area contributed by atoms with Gasteiger partial charge in [0.2, 0.25) is 0 Å². The number of aliphatic carboxylic acids is 1. The summed E-state index contributed by atoms with van der Waals surface area (Å²) in [5.74, 6) is -0.165. The lowest BCUT2D eigenvalue weighted by Gasteiger charge is -2.12. The van der Waals surface area contributed by atoms with Crippen LogP contribution in [0.3, 0.4) is 0 Å². The number of carbonyl (C=O) groups is 1. The van der Waals surface area contributed by atoms with Gasteiger partial charge in [-0.15, -0.1) is 0 Å². The highest BCUT2D eigenvalue weighted by molar-refractivity contribution is 7.91. The van der Waals surface area contributed by atoms with E-state index < -0.39 is 21.2 Å². The first-order valence-electron chi connectivity index (χ1n) is 5.33. The molecule has 2 fully saturated rings. The molecule has 4 nitrogen and oxygen atoms in total. The Hall–Kier alpha value is -0.580. The molecule has 0 radical (unpaired) electrons. The molecule has 0 aromatic carbocycles. The van der Waals surface area contributed by atoms with Crippen molar-refractivity contribution in [1.29, 1.82) is 0 Å². The molecule has 0 spiro atoms. The molecule has 0 unspecified atom stereocenters. The first-order valence-corrected chi connectivity index (χ1v) is 7.15. The van der Waals surface area contributed by atoms with Crippen molar-refractivity contribution in [3.8, 4) is 0 Å². The summed E-state index contributed by atoms with van der Waals surface area (Å²) < 4.78 is 23.5. The van der Waals surface area contributed by atoms with Crippen molar-refractivity contribution in [3.05, 3.63) is 0 Å². The monoisotopic (exact) mass is 232 g/mol. The summed E-state index contributed by atoms with van der Waals surface area (Å²) in [5, 5.41) is 8.69. The van der Waals surface area contributed by atoms with E-state index >= 15 is 0 Å². The molecular weight excluding hydrogens is 216 g/mol. The SMILES string of the molecule is O=C(O)CC1(CS(=O)(=O)CC2CC2)CC1. The molecular formula is C10H16O4S. The Kier molecular flexibility index (Phi) is 2.53. The molecule has 0 saturated heterocycles. The third kappa shape index (κ3) is 3.19. The molecule has 86 valence electrons. The summed E-state index contributed by atoms with van der Waals surface area (Å²) >= 11 is 0. The fourth-order valence-corrected chi connectivity index (χ4v) is 4.53. The highest BCUT2D eigenvalue weighted by Crippen LogP contribution is 2.50. The van der Waals surface area contributed by atoms with Crippen molar-refractivity contribution < 1.29 is 18.3 Å². The summed E-state index contributed by atoms with van der Waals surface area (Å²) in [4.78, 5) is 10.6. The largest absolute Gasteiger partial charge is 0.481 e. The van der Waals surface area contributed by atoms with Crippen molar-refractivity contribution in [2.24, 2.45) is 11.3 Å². The fraction of sp³-hybridized carbons (Fsp3) is 0.900. The van der Waals surface area contributed by atoms with Gasteiger partial charge in [-0.25, -0.2) is 8.42 Å². The molecule has 0 atom stereocenters. The van der Waals surface area contributed by atoms with Gasteiger partial charge in [-0.1, -0.05) is 0 Å². The van der Waals surface area contributed by atoms with Crippen LogP contribution in [0.1, 0.15) is 32.1 Å². The van der Waals surface area contributed by atoms with E-state index in [-0.39, 0.29) is 17.9 Å². The van der Waals surface area contributed by atoms with E-state index in [2.05, 4.69) is 0 Å². The Morgan fingerprint density at radius 3 is 2.33 bits per heavy atom. The van der Waals surface area contributed by atoms with E-state index in [0.29, 0.717) is 5.92 Å². The van der Waals surface area contributed by atoms with Gasteiger partial charge in [0.25, 0.3) is 0 Å². The highest BCUT2D eigenvalue weighted by atomic mass is 32.2. The molecule has 0 aliphatic heterocycles. The second-order valence-corrected chi connectivity index (χ2v) is 7.18. The maximum atomic E-state index is 11.7. The number of sulfone groups is 1. The number of hydrogen-bond acceptors (Lipinski definition) is 3. The van der Waals surface area contributed by atoms with E-state index in [4.69, 9.17) is 5.11 Å². The van der Waals surface area contributed by atoms with Crippen LogP contribution < -0.4 is 0 Å². The molecule has 0 bridgehead atoms. The zero-order chi connectivity index (χ0) is 11.1. The van der Waals surface area contributed by atoms with Crippen LogP contribution in [0.4, 0.5) is 0 Å². The van der Waals surface area contributed by atoms with Crippen LogP contribution in [-0.4, -0.2) is 31.0 Å². The lowest BCUT2D eigenvalue weighted by Crippen LogP contribution is -2.23. The van der Waals surface area contributed by atoms with Gasteiger partial charge in [0.1, 0.15) is 0 Å². The predicted molar refractivity (Wildman–Crippen MR) is 55.3 cm³/mol. The highest BCUT2D eigenvalue weighted by Gasteiger charge is 2.48. The van der Waals surface area contributed by atoms with Gasteiger partial charge in [0.15, 0.2) is 9.84 Å². The topological polar surface area (TPSA) is 71.4 Å². The van der Waals surface area contributed by atoms with Crippen LogP contribution in [0.25, 0.3) is 0 Å². The van der Waals surface area contributed by atoms with Crippen molar-refractivity contribution in [2.45, 2.75) is 32.1 Å². The third-order valence-corrected chi connectivity index (χ3v) is 5.23. The van der Waals surface area contributed by atoms with Crippen LogP contribution in [-0.2, 0) is 14.6 Å². The molecule has 2 aliphatic carbocycles. The minimum absolute atomic E-state index is 0.0108. The first-order chi connectivity index (χ1) is 6.91. The van der Waals surface area contributed by atoms with Crippen LogP contribution in [0, 0.1) is 11.3 Å². The lowest BCUT2D eigenvalue weighted by molar-refractivity contribution is -0.138. The first kappa shape index (κ1) is 10.9. The standard InChI is InChI=1S/C10H16O4S/c11-9(12)5-10(3-4-10)7-15(13,14)6-8-1-2-8/h8H,1-7H2,(H,11,12). The smallest absolute Gasteiger partial charge is 0.303 e. The zero-order valence-corrected chi connectivity index (χ0v) is 9.42. The molecule has 0 aromatic rings. The summed E-state index contributed by atoms with van der Waals surface area (Å²) in [5.41, 5.74) is -0.417. The van der Waals surface area contributed by atoms with Gasteiger partial charge in [-0.05, 0) is 37.0 Å². The van der Waals surface area contributed by atoms with Gasteiger partial charge in [0, 0.05) is 0 Å². The predicted octanol–water partition coefficient (Wildman–Crippen LogP) is 1.07. The van der Waals surface area contributed by atoms with Crippen LogP contribution in [0.15, 0.2) is 0 Å². The average Bonchev–Trinajstić information content (AvgIpc) is 2.87. The number of carboxylic acids is 1. The number of rotatable bonds is 6. The van der Waals surface area contributed by atoms with Crippen LogP contribution in [0.5, 0.6) is 0 Å². The number of carboxylic acid groups (broad SMARTS) is 1. The molecule has 2 aliphatic rings. The van der Waals surface area contributed by atoms with E-state index in [1.54, 1.807) is 0 Å².